The zero-order valence-corrected chi connectivity index (χ0v) is 13.6. The fourth-order valence-electron chi connectivity index (χ4n) is 0. The average Bonchev–Trinajstić information content (AvgIpc) is 1.50. The maximum atomic E-state index is 9.29. The summed E-state index contributed by atoms with van der Waals surface area (Å²) in [6.45, 7) is 15.5. The molecule has 1 radical (unpaired) electrons. The normalized spacial score (nSPS) is 9.36. The Morgan fingerprint density at radius 3 is 1.07 bits per heavy atom. The molecular formula is C8H18MoO2PS2-2. The molecule has 0 aromatic rings. The van der Waals surface area contributed by atoms with Crippen molar-refractivity contribution in [2.24, 2.45) is 11.8 Å². The summed E-state index contributed by atoms with van der Waals surface area (Å²) in [6, 6.07) is 0. The van der Waals surface area contributed by atoms with E-state index in [2.05, 4.69) is 65.6 Å². The van der Waals surface area contributed by atoms with Gasteiger partial charge in [0.15, 0.2) is 0 Å². The second-order valence-electron chi connectivity index (χ2n) is 3.23. The van der Waals surface area contributed by atoms with Crippen molar-refractivity contribution in [1.82, 2.24) is 0 Å². The molecule has 14 heavy (non-hydrogen) atoms. The van der Waals surface area contributed by atoms with Crippen molar-refractivity contribution in [2.75, 3.05) is 0 Å². The van der Waals surface area contributed by atoms with Gasteiger partial charge in [-0.05, 0) is 0 Å². The molecule has 0 aliphatic carbocycles. The smallest absolute Gasteiger partial charge is 0.850 e. The molecule has 0 amide bonds. The summed E-state index contributed by atoms with van der Waals surface area (Å²) in [4.78, 5) is 18.6. The molecule has 2 nitrogen and oxygen atoms in total. The summed E-state index contributed by atoms with van der Waals surface area (Å²) >= 11 is 7.28. The van der Waals surface area contributed by atoms with Gasteiger partial charge in [0.25, 0.3) is 0 Å². The Hall–Kier alpha value is 1.61. The van der Waals surface area contributed by atoms with Crippen LogP contribution in [0.4, 0.5) is 0 Å². The first-order valence-electron chi connectivity index (χ1n) is 3.86. The summed E-state index contributed by atoms with van der Waals surface area (Å²) in [7, 11) is 0. The van der Waals surface area contributed by atoms with E-state index in [4.69, 9.17) is 0 Å². The van der Waals surface area contributed by atoms with Crippen LogP contribution in [0, 0.1) is 25.7 Å². The molecule has 0 unspecified atom stereocenters. The van der Waals surface area contributed by atoms with E-state index in [1.54, 1.807) is 0 Å². The third-order valence-electron chi connectivity index (χ3n) is 0. The Morgan fingerprint density at radius 2 is 1.07 bits per heavy atom. The van der Waals surface area contributed by atoms with Crippen molar-refractivity contribution in [3.05, 3.63) is 13.8 Å². The Kier molecular flexibility index (Phi) is 25.8. The molecule has 0 aliphatic heterocycles. The average molecular weight is 337 g/mol. The van der Waals surface area contributed by atoms with Crippen LogP contribution >= 0.6 is 5.69 Å². The van der Waals surface area contributed by atoms with Gasteiger partial charge in [-0.3, -0.25) is 0 Å². The molecule has 0 aliphatic rings. The van der Waals surface area contributed by atoms with Gasteiger partial charge in [-0.25, -0.2) is 0 Å². The first kappa shape index (κ1) is 24.7. The van der Waals surface area contributed by atoms with E-state index in [0.29, 0.717) is 11.8 Å². The summed E-state index contributed by atoms with van der Waals surface area (Å²) in [5.74, 6) is 1.17. The van der Waals surface area contributed by atoms with Gasteiger partial charge in [-0.1, -0.05) is 27.7 Å². The van der Waals surface area contributed by atoms with Crippen molar-refractivity contribution < 1.29 is 30.9 Å². The fourth-order valence-corrected chi connectivity index (χ4v) is 0. The summed E-state index contributed by atoms with van der Waals surface area (Å²) < 4.78 is 0. The van der Waals surface area contributed by atoms with E-state index in [1.807, 2.05) is 0 Å². The van der Waals surface area contributed by atoms with Crippen molar-refractivity contribution >= 4 is 29.7 Å². The van der Waals surface area contributed by atoms with Crippen LogP contribution in [0.5, 0.6) is 0 Å². The standard InChI is InChI=1S/2C4H9.Mo.H3O2PS2/c2*1-4(2)3;;1-3(2,4)5/h2*4H,1H2,2-3H3;;(H3,1,2,4,5)/q2*-1;+3;/p-3. The molecular weight excluding hydrogens is 319 g/mol. The first-order chi connectivity index (χ1) is 5.46. The minimum absolute atomic E-state index is 0. The van der Waals surface area contributed by atoms with Crippen molar-refractivity contribution in [1.29, 1.82) is 0 Å². The van der Waals surface area contributed by atoms with Crippen LogP contribution < -0.4 is 9.79 Å². The van der Waals surface area contributed by atoms with Crippen LogP contribution in [-0.2, 0) is 45.1 Å². The molecule has 0 atom stereocenters. The van der Waals surface area contributed by atoms with Crippen LogP contribution in [-0.4, -0.2) is 0 Å². The zero-order chi connectivity index (χ0) is 11.7. The van der Waals surface area contributed by atoms with Crippen LogP contribution in [0.2, 0.25) is 0 Å². The molecule has 0 aromatic heterocycles. The Morgan fingerprint density at radius 1 is 1.07 bits per heavy atom. The maximum Gasteiger partial charge on any atom is 3.00 e. The van der Waals surface area contributed by atoms with Crippen LogP contribution in [0.15, 0.2) is 0 Å². The molecule has 0 saturated heterocycles. The van der Waals surface area contributed by atoms with E-state index in [-0.39, 0.29) is 21.1 Å². The fraction of sp³-hybridized carbons (Fsp3) is 0.750. The summed E-state index contributed by atoms with van der Waals surface area (Å²) in [5, 5.41) is 0. The monoisotopic (exact) mass is 339 g/mol. The third-order valence-corrected chi connectivity index (χ3v) is 0. The Labute approximate surface area is 113 Å². The van der Waals surface area contributed by atoms with Gasteiger partial charge in [-0.15, -0.1) is 0 Å². The van der Waals surface area contributed by atoms with Gasteiger partial charge in [-0.2, -0.15) is 23.6 Å². The summed E-state index contributed by atoms with van der Waals surface area (Å²) in [5.41, 5.74) is -3.72. The Bertz CT molecular complexity index is 118. The molecule has 87 valence electrons. The van der Waals surface area contributed by atoms with Crippen LogP contribution in [0.1, 0.15) is 27.7 Å². The molecule has 0 rings (SSSR count). The molecule has 0 spiro atoms. The SMILES string of the molecule is [CH2-]C(C)C.[CH2-]C(C)C.[Mo+3].[O-]P([O-])(=S)[S-]. The number of rotatable bonds is 0. The van der Waals surface area contributed by atoms with Crippen LogP contribution in [0.3, 0.4) is 0 Å². The molecule has 0 bridgehead atoms. The minimum Gasteiger partial charge on any atom is -0.850 e. The molecule has 0 N–H and O–H groups in total. The van der Waals surface area contributed by atoms with Crippen molar-refractivity contribution in [3.63, 3.8) is 0 Å². The Balaban J connectivity index is -0.0000000522. The molecule has 0 aromatic carbocycles. The van der Waals surface area contributed by atoms with Crippen molar-refractivity contribution in [2.45, 2.75) is 27.7 Å². The number of hydrogen-bond acceptors (Lipinski definition) is 4. The van der Waals surface area contributed by atoms with Gasteiger partial charge in [0.1, 0.15) is 0 Å². The topological polar surface area (TPSA) is 46.1 Å². The molecule has 0 fully saturated rings. The van der Waals surface area contributed by atoms with Gasteiger partial charge in [0, 0.05) is 0 Å². The van der Waals surface area contributed by atoms with E-state index < -0.39 is 5.69 Å². The van der Waals surface area contributed by atoms with E-state index in [0.717, 1.165) is 0 Å². The van der Waals surface area contributed by atoms with Gasteiger partial charge < -0.3 is 41.6 Å². The van der Waals surface area contributed by atoms with Gasteiger partial charge in [0.05, 0.1) is 0 Å². The van der Waals surface area contributed by atoms with Gasteiger partial charge >= 0.3 is 21.1 Å². The second kappa shape index (κ2) is 14.6. The quantitative estimate of drug-likeness (QED) is 0.290. The largest absolute Gasteiger partial charge is 3.00 e. The second-order valence-corrected chi connectivity index (χ2v) is 7.71. The van der Waals surface area contributed by atoms with Crippen molar-refractivity contribution in [3.8, 4) is 0 Å². The summed E-state index contributed by atoms with van der Waals surface area (Å²) in [6.07, 6.45) is 0. The predicted octanol–water partition coefficient (Wildman–Crippen LogP) is 1.43. The molecule has 6 heteroatoms. The van der Waals surface area contributed by atoms with E-state index in [9.17, 15) is 9.79 Å². The first-order valence-corrected chi connectivity index (χ1v) is 7.51. The molecule has 0 heterocycles. The predicted molar refractivity (Wildman–Crippen MR) is 62.0 cm³/mol. The maximum absolute atomic E-state index is 9.29. The third kappa shape index (κ3) is 836. The number of hydrogen-bond donors (Lipinski definition) is 0. The van der Waals surface area contributed by atoms with E-state index in [1.165, 1.54) is 0 Å². The molecule has 0 saturated carbocycles. The van der Waals surface area contributed by atoms with Crippen LogP contribution in [0.25, 0.3) is 0 Å². The van der Waals surface area contributed by atoms with E-state index >= 15 is 0 Å². The minimum atomic E-state index is -3.72. The zero-order valence-electron chi connectivity index (χ0n) is 9.06. The van der Waals surface area contributed by atoms with Gasteiger partial charge in [0.2, 0.25) is 0 Å².